The van der Waals surface area contributed by atoms with Gasteiger partial charge in [-0.05, 0) is 32.1 Å². The van der Waals surface area contributed by atoms with Crippen LogP contribution in [0.15, 0.2) is 47.8 Å². The molecular weight excluding hydrogens is 313 g/mol. The van der Waals surface area contributed by atoms with Crippen LogP contribution in [0.4, 0.5) is 10.1 Å². The Labute approximate surface area is 144 Å². The average Bonchev–Trinajstić information content (AvgIpc) is 3.31. The van der Waals surface area contributed by atoms with E-state index in [1.807, 2.05) is 43.5 Å². The normalized spacial score (nSPS) is 14.5. The highest BCUT2D eigenvalue weighted by Crippen LogP contribution is 2.42. The summed E-state index contributed by atoms with van der Waals surface area (Å²) in [6, 6.07) is 0. The van der Waals surface area contributed by atoms with Crippen LogP contribution < -0.4 is 4.90 Å². The third kappa shape index (κ3) is 4.71. The van der Waals surface area contributed by atoms with E-state index in [2.05, 4.69) is 18.3 Å². The van der Waals surface area contributed by atoms with E-state index in [0.29, 0.717) is 18.0 Å². The van der Waals surface area contributed by atoms with Crippen molar-refractivity contribution in [2.45, 2.75) is 53.5 Å². The topological polar surface area (TPSA) is 21.1 Å². The molecule has 0 unspecified atom stereocenters. The average molecular weight is 340 g/mol. The molecule has 0 bridgehead atoms. The number of rotatable bonds is 7. The number of hydrogen-bond acceptors (Lipinski definition) is 2. The SMILES string of the molecule is C=C(Cl)/C(F)=C(\CC)N(C(=C)C1CC1)c1cnn(CC)c1.CC. The number of hydrogen-bond donors (Lipinski definition) is 0. The van der Waals surface area contributed by atoms with Gasteiger partial charge in [0.1, 0.15) is 0 Å². The van der Waals surface area contributed by atoms with E-state index in [1.165, 1.54) is 0 Å². The summed E-state index contributed by atoms with van der Waals surface area (Å²) in [5.74, 6) is -0.0712. The van der Waals surface area contributed by atoms with Gasteiger partial charge < -0.3 is 4.90 Å². The molecule has 1 aromatic rings. The van der Waals surface area contributed by atoms with Crippen LogP contribution in [-0.4, -0.2) is 9.78 Å². The van der Waals surface area contributed by atoms with E-state index in [0.717, 1.165) is 30.8 Å². The first-order chi connectivity index (χ1) is 11.0. The molecule has 2 rings (SSSR count). The van der Waals surface area contributed by atoms with Gasteiger partial charge in [-0.15, -0.1) is 0 Å². The quantitative estimate of drug-likeness (QED) is 0.568. The molecule has 128 valence electrons. The van der Waals surface area contributed by atoms with Crippen molar-refractivity contribution in [1.29, 1.82) is 0 Å². The van der Waals surface area contributed by atoms with Crippen molar-refractivity contribution < 1.29 is 4.39 Å². The molecule has 1 heterocycles. The summed E-state index contributed by atoms with van der Waals surface area (Å²) in [7, 11) is 0. The van der Waals surface area contributed by atoms with Gasteiger partial charge in [0, 0.05) is 18.4 Å². The zero-order valence-electron chi connectivity index (χ0n) is 14.6. The molecule has 5 heteroatoms. The largest absolute Gasteiger partial charge is 0.312 e. The maximum Gasteiger partial charge on any atom is 0.160 e. The van der Waals surface area contributed by atoms with Gasteiger partial charge in [0.25, 0.3) is 0 Å². The molecule has 0 radical (unpaired) electrons. The molecule has 0 aromatic carbocycles. The summed E-state index contributed by atoms with van der Waals surface area (Å²) in [6.07, 6.45) is 6.32. The van der Waals surface area contributed by atoms with Crippen LogP contribution in [0.3, 0.4) is 0 Å². The third-order valence-corrected chi connectivity index (χ3v) is 3.80. The minimum atomic E-state index is -0.481. The summed E-state index contributed by atoms with van der Waals surface area (Å²) in [5.41, 5.74) is 2.21. The monoisotopic (exact) mass is 339 g/mol. The lowest BCUT2D eigenvalue weighted by Gasteiger charge is -2.28. The van der Waals surface area contributed by atoms with Gasteiger partial charge in [-0.2, -0.15) is 5.10 Å². The second kappa shape index (κ2) is 8.92. The molecule has 0 spiro atoms. The first-order valence-electron chi connectivity index (χ1n) is 8.24. The molecule has 1 aliphatic rings. The number of aryl methyl sites for hydroxylation is 1. The first kappa shape index (κ1) is 19.5. The summed E-state index contributed by atoms with van der Waals surface area (Å²) in [4.78, 5) is 1.85. The molecule has 1 aliphatic carbocycles. The molecule has 23 heavy (non-hydrogen) atoms. The fraction of sp³-hybridized carbons (Fsp3) is 0.500. The predicted octanol–water partition coefficient (Wildman–Crippen LogP) is 6.00. The van der Waals surface area contributed by atoms with Crippen molar-refractivity contribution >= 4 is 17.3 Å². The lowest BCUT2D eigenvalue weighted by molar-refractivity contribution is 0.634. The molecular formula is C18H27ClFN3. The maximum atomic E-state index is 14.4. The molecule has 3 nitrogen and oxygen atoms in total. The molecule has 0 saturated heterocycles. The predicted molar refractivity (Wildman–Crippen MR) is 97.0 cm³/mol. The number of halogens is 2. The number of aromatic nitrogens is 2. The van der Waals surface area contributed by atoms with Crippen molar-refractivity contribution in [1.82, 2.24) is 9.78 Å². The van der Waals surface area contributed by atoms with E-state index >= 15 is 0 Å². The summed E-state index contributed by atoms with van der Waals surface area (Å²) < 4.78 is 16.2. The number of anilines is 1. The summed E-state index contributed by atoms with van der Waals surface area (Å²) >= 11 is 5.76. The highest BCUT2D eigenvalue weighted by molar-refractivity contribution is 6.31. The molecule has 0 amide bonds. The summed E-state index contributed by atoms with van der Waals surface area (Å²) in [6.45, 7) is 16.3. The Bertz CT molecular complexity index is 585. The van der Waals surface area contributed by atoms with E-state index in [1.54, 1.807) is 6.20 Å². The number of nitrogens with zero attached hydrogens (tertiary/aromatic N) is 3. The van der Waals surface area contributed by atoms with Crippen LogP contribution in [0.2, 0.25) is 0 Å². The van der Waals surface area contributed by atoms with E-state index in [-0.39, 0.29) is 5.03 Å². The van der Waals surface area contributed by atoms with Gasteiger partial charge in [0.2, 0.25) is 0 Å². The van der Waals surface area contributed by atoms with Crippen molar-refractivity contribution in [3.63, 3.8) is 0 Å². The second-order valence-corrected chi connectivity index (χ2v) is 5.63. The Kier molecular flexibility index (Phi) is 7.56. The van der Waals surface area contributed by atoms with E-state index in [4.69, 9.17) is 11.6 Å². The van der Waals surface area contributed by atoms with Crippen molar-refractivity contribution in [2.75, 3.05) is 4.90 Å². The van der Waals surface area contributed by atoms with Crippen LogP contribution in [0.1, 0.15) is 47.0 Å². The van der Waals surface area contributed by atoms with Gasteiger partial charge in [-0.1, -0.05) is 45.5 Å². The van der Waals surface area contributed by atoms with Crippen molar-refractivity contribution in [3.05, 3.63) is 47.8 Å². The van der Waals surface area contributed by atoms with E-state index in [9.17, 15) is 4.39 Å². The van der Waals surface area contributed by atoms with Gasteiger partial charge in [-0.25, -0.2) is 4.39 Å². The molecule has 1 fully saturated rings. The molecule has 0 N–H and O–H groups in total. The zero-order chi connectivity index (χ0) is 17.6. The fourth-order valence-corrected chi connectivity index (χ4v) is 2.41. The number of allylic oxidation sites excluding steroid dienone is 4. The van der Waals surface area contributed by atoms with Crippen LogP contribution in [0.5, 0.6) is 0 Å². The highest BCUT2D eigenvalue weighted by Gasteiger charge is 2.32. The third-order valence-electron chi connectivity index (χ3n) is 3.63. The standard InChI is InChI=1S/C16H21ClFN3.C2H6/c1-5-15(16(18)11(3)17)21(12(4)13-7-8-13)14-9-19-20(6-2)10-14;1-2/h9-10,13H,3-8H2,1-2H3;1-2H3/b16-15-;. The molecule has 1 saturated carbocycles. The van der Waals surface area contributed by atoms with Crippen LogP contribution in [-0.2, 0) is 6.54 Å². The fourth-order valence-electron chi connectivity index (χ4n) is 2.30. The van der Waals surface area contributed by atoms with Crippen LogP contribution in [0.25, 0.3) is 0 Å². The van der Waals surface area contributed by atoms with Crippen LogP contribution >= 0.6 is 11.6 Å². The zero-order valence-corrected chi connectivity index (χ0v) is 15.3. The molecule has 0 aliphatic heterocycles. The minimum absolute atomic E-state index is 0.0802. The maximum absolute atomic E-state index is 14.4. The van der Waals surface area contributed by atoms with Crippen molar-refractivity contribution in [2.24, 2.45) is 5.92 Å². The lowest BCUT2D eigenvalue weighted by atomic mass is 10.2. The van der Waals surface area contributed by atoms with Gasteiger partial charge in [0.05, 0.1) is 22.6 Å². The second-order valence-electron chi connectivity index (χ2n) is 5.17. The minimum Gasteiger partial charge on any atom is -0.312 e. The smallest absolute Gasteiger partial charge is 0.160 e. The van der Waals surface area contributed by atoms with Gasteiger partial charge in [-0.3, -0.25) is 4.68 Å². The summed E-state index contributed by atoms with van der Waals surface area (Å²) in [5, 5.41) is 4.19. The first-order valence-corrected chi connectivity index (χ1v) is 8.62. The van der Waals surface area contributed by atoms with Gasteiger partial charge in [0.15, 0.2) is 5.83 Å². The molecule has 0 atom stereocenters. The van der Waals surface area contributed by atoms with Gasteiger partial charge >= 0.3 is 0 Å². The molecule has 1 aromatic heterocycles. The van der Waals surface area contributed by atoms with E-state index < -0.39 is 5.83 Å². The Hall–Kier alpha value is -1.55. The van der Waals surface area contributed by atoms with Crippen LogP contribution in [0, 0.1) is 5.92 Å². The lowest BCUT2D eigenvalue weighted by Crippen LogP contribution is -2.23. The highest BCUT2D eigenvalue weighted by atomic mass is 35.5. The Morgan fingerprint density at radius 2 is 2.00 bits per heavy atom. The Morgan fingerprint density at radius 3 is 2.39 bits per heavy atom. The Morgan fingerprint density at radius 1 is 1.39 bits per heavy atom. The van der Waals surface area contributed by atoms with Crippen molar-refractivity contribution in [3.8, 4) is 0 Å². The Balaban J connectivity index is 0.00000127.